The molecule has 0 radical (unpaired) electrons. The zero-order valence-corrected chi connectivity index (χ0v) is 19.2. The van der Waals surface area contributed by atoms with Crippen molar-refractivity contribution in [3.8, 4) is 5.75 Å². The van der Waals surface area contributed by atoms with E-state index in [4.69, 9.17) is 17.0 Å². The molecule has 1 aliphatic rings. The summed E-state index contributed by atoms with van der Waals surface area (Å²) in [5.41, 5.74) is 0.694. The van der Waals surface area contributed by atoms with Gasteiger partial charge in [-0.2, -0.15) is 0 Å². The zero-order valence-electron chi connectivity index (χ0n) is 16.8. The van der Waals surface area contributed by atoms with Gasteiger partial charge in [0.25, 0.3) is 5.91 Å². The average Bonchev–Trinajstić information content (AvgIpc) is 3.33. The van der Waals surface area contributed by atoms with Gasteiger partial charge in [-0.1, -0.05) is 48.6 Å². The van der Waals surface area contributed by atoms with Gasteiger partial charge in [0, 0.05) is 17.8 Å². The molecule has 0 saturated carbocycles. The number of ether oxygens (including phenoxy) is 1. The quantitative estimate of drug-likeness (QED) is 0.286. The summed E-state index contributed by atoms with van der Waals surface area (Å²) >= 11 is 8.32. The van der Waals surface area contributed by atoms with E-state index in [-0.39, 0.29) is 11.8 Å². The maximum atomic E-state index is 12.6. The van der Waals surface area contributed by atoms with Crippen molar-refractivity contribution in [2.75, 3.05) is 18.5 Å². The number of carbonyl (C=O) groups is 2. The molecule has 1 saturated heterocycles. The molecule has 0 atom stereocenters. The minimum atomic E-state index is -0.0355. The molecule has 30 heavy (non-hydrogen) atoms. The van der Waals surface area contributed by atoms with Crippen LogP contribution in [0.3, 0.4) is 0 Å². The fraction of sp³-hybridized carbons (Fsp3) is 0.318. The Bertz CT molecular complexity index is 925. The van der Waals surface area contributed by atoms with E-state index in [2.05, 4.69) is 5.32 Å². The molecule has 1 aromatic carbocycles. The van der Waals surface area contributed by atoms with Gasteiger partial charge in [-0.25, -0.2) is 0 Å². The Labute approximate surface area is 190 Å². The van der Waals surface area contributed by atoms with Gasteiger partial charge in [-0.15, -0.1) is 11.3 Å². The van der Waals surface area contributed by atoms with E-state index in [1.54, 1.807) is 16.2 Å². The SMILES string of the molecule is CCOc1ccccc1NC(=O)CCCCCN1C(=O)/C(=C\c2cccs2)SC1=S. The zero-order chi connectivity index (χ0) is 21.3. The summed E-state index contributed by atoms with van der Waals surface area (Å²) in [5.74, 6) is 0.619. The summed E-state index contributed by atoms with van der Waals surface area (Å²) in [5, 5.41) is 4.89. The first kappa shape index (κ1) is 22.5. The molecule has 1 aliphatic heterocycles. The van der Waals surface area contributed by atoms with Gasteiger partial charge in [0.05, 0.1) is 17.2 Å². The van der Waals surface area contributed by atoms with Crippen molar-refractivity contribution in [1.29, 1.82) is 0 Å². The Morgan fingerprint density at radius 1 is 1.20 bits per heavy atom. The number of benzene rings is 1. The third-order valence-electron chi connectivity index (χ3n) is 4.44. The van der Waals surface area contributed by atoms with Crippen LogP contribution < -0.4 is 10.1 Å². The van der Waals surface area contributed by atoms with Gasteiger partial charge in [0.1, 0.15) is 10.1 Å². The van der Waals surface area contributed by atoms with Gasteiger partial charge >= 0.3 is 0 Å². The fourth-order valence-electron chi connectivity index (χ4n) is 2.99. The number of nitrogens with zero attached hydrogens (tertiary/aromatic N) is 1. The smallest absolute Gasteiger partial charge is 0.266 e. The maximum absolute atomic E-state index is 12.6. The Kier molecular flexibility index (Phi) is 8.48. The molecule has 0 spiro atoms. The minimum Gasteiger partial charge on any atom is -0.492 e. The Hall–Kier alpha value is -2.16. The number of amides is 2. The monoisotopic (exact) mass is 460 g/mol. The standard InChI is InChI=1S/C22H24N2O3S3/c1-2-27-18-11-6-5-10-17(18)23-20(25)12-4-3-7-13-24-21(26)19(30-22(24)28)15-16-9-8-14-29-16/h5-6,8-11,14-15H,2-4,7,12-13H2,1H3,(H,23,25)/b19-15+. The highest BCUT2D eigenvalue weighted by molar-refractivity contribution is 8.26. The van der Waals surface area contributed by atoms with Gasteiger partial charge < -0.3 is 10.1 Å². The molecule has 3 rings (SSSR count). The number of anilines is 1. The molecular weight excluding hydrogens is 436 g/mol. The van der Waals surface area contributed by atoms with Crippen molar-refractivity contribution >= 4 is 63.2 Å². The van der Waals surface area contributed by atoms with Crippen LogP contribution in [-0.4, -0.2) is 34.2 Å². The van der Waals surface area contributed by atoms with Gasteiger partial charge in [0.15, 0.2) is 0 Å². The first-order valence-corrected chi connectivity index (χ1v) is 12.0. The molecule has 1 fully saturated rings. The third-order valence-corrected chi connectivity index (χ3v) is 6.63. The Balaban J connectivity index is 1.39. The number of thioether (sulfide) groups is 1. The van der Waals surface area contributed by atoms with Crippen LogP contribution in [0.25, 0.3) is 6.08 Å². The summed E-state index contributed by atoms with van der Waals surface area (Å²) < 4.78 is 6.13. The maximum Gasteiger partial charge on any atom is 0.266 e. The molecule has 0 bridgehead atoms. The van der Waals surface area contributed by atoms with E-state index in [9.17, 15) is 9.59 Å². The number of para-hydroxylation sites is 2. The molecule has 1 N–H and O–H groups in total. The van der Waals surface area contributed by atoms with E-state index in [0.29, 0.717) is 40.2 Å². The van der Waals surface area contributed by atoms with E-state index >= 15 is 0 Å². The summed E-state index contributed by atoms with van der Waals surface area (Å²) in [6, 6.07) is 11.4. The third kappa shape index (κ3) is 6.17. The van der Waals surface area contributed by atoms with Crippen molar-refractivity contribution in [2.45, 2.75) is 32.6 Å². The van der Waals surface area contributed by atoms with E-state index in [1.807, 2.05) is 54.8 Å². The summed E-state index contributed by atoms with van der Waals surface area (Å²) in [7, 11) is 0. The lowest BCUT2D eigenvalue weighted by Gasteiger charge is -2.14. The molecule has 0 unspecified atom stereocenters. The number of thiocarbonyl (C=S) groups is 1. The molecule has 2 aromatic rings. The lowest BCUT2D eigenvalue weighted by molar-refractivity contribution is -0.122. The summed E-state index contributed by atoms with van der Waals surface area (Å²) in [6.07, 6.45) is 4.73. The highest BCUT2D eigenvalue weighted by atomic mass is 32.2. The second-order valence-electron chi connectivity index (χ2n) is 6.64. The molecule has 8 heteroatoms. The van der Waals surface area contributed by atoms with Gasteiger partial charge in [-0.3, -0.25) is 14.5 Å². The number of carbonyl (C=O) groups excluding carboxylic acids is 2. The highest BCUT2D eigenvalue weighted by Crippen LogP contribution is 2.33. The second-order valence-corrected chi connectivity index (χ2v) is 9.29. The van der Waals surface area contributed by atoms with Crippen molar-refractivity contribution in [1.82, 2.24) is 4.90 Å². The molecule has 0 aliphatic carbocycles. The normalized spacial score (nSPS) is 15.1. The van der Waals surface area contributed by atoms with E-state index < -0.39 is 0 Å². The van der Waals surface area contributed by atoms with Crippen LogP contribution in [0.4, 0.5) is 5.69 Å². The number of hydrogen-bond acceptors (Lipinski definition) is 6. The molecule has 5 nitrogen and oxygen atoms in total. The van der Waals surface area contributed by atoms with Crippen molar-refractivity contribution in [3.63, 3.8) is 0 Å². The molecule has 1 aromatic heterocycles. The van der Waals surface area contributed by atoms with Crippen LogP contribution in [0.5, 0.6) is 5.75 Å². The number of hydrogen-bond donors (Lipinski definition) is 1. The topological polar surface area (TPSA) is 58.6 Å². The molecule has 2 heterocycles. The number of thiophene rings is 1. The number of unbranched alkanes of at least 4 members (excludes halogenated alkanes) is 2. The lowest BCUT2D eigenvalue weighted by Crippen LogP contribution is -2.29. The molecule has 158 valence electrons. The second kappa shape index (κ2) is 11.3. The van der Waals surface area contributed by atoms with Crippen molar-refractivity contribution < 1.29 is 14.3 Å². The fourth-order valence-corrected chi connectivity index (χ4v) is 5.02. The first-order valence-electron chi connectivity index (χ1n) is 9.89. The highest BCUT2D eigenvalue weighted by Gasteiger charge is 2.31. The van der Waals surface area contributed by atoms with E-state index in [0.717, 1.165) is 24.1 Å². The summed E-state index contributed by atoms with van der Waals surface area (Å²) in [4.78, 5) is 28.2. The largest absolute Gasteiger partial charge is 0.492 e. The van der Waals surface area contributed by atoms with Crippen molar-refractivity contribution in [2.24, 2.45) is 0 Å². The van der Waals surface area contributed by atoms with Crippen molar-refractivity contribution in [3.05, 3.63) is 51.6 Å². The van der Waals surface area contributed by atoms with Gasteiger partial charge in [0.2, 0.25) is 5.91 Å². The summed E-state index contributed by atoms with van der Waals surface area (Å²) in [6.45, 7) is 3.04. The van der Waals surface area contributed by atoms with Crippen LogP contribution in [-0.2, 0) is 9.59 Å². The Morgan fingerprint density at radius 2 is 2.03 bits per heavy atom. The Morgan fingerprint density at radius 3 is 2.80 bits per heavy atom. The minimum absolute atomic E-state index is 0.0244. The molecular formula is C22H24N2O3S3. The van der Waals surface area contributed by atoms with Crippen LogP contribution in [0.2, 0.25) is 0 Å². The predicted molar refractivity (Wildman–Crippen MR) is 129 cm³/mol. The van der Waals surface area contributed by atoms with Crippen LogP contribution >= 0.6 is 35.3 Å². The van der Waals surface area contributed by atoms with E-state index in [1.165, 1.54) is 11.8 Å². The number of rotatable bonds is 10. The average molecular weight is 461 g/mol. The predicted octanol–water partition coefficient (Wildman–Crippen LogP) is 5.55. The van der Waals surface area contributed by atoms with Gasteiger partial charge in [-0.05, 0) is 49.4 Å². The van der Waals surface area contributed by atoms with Crippen LogP contribution in [0, 0.1) is 0 Å². The van der Waals surface area contributed by atoms with Crippen LogP contribution in [0.15, 0.2) is 46.7 Å². The first-order chi connectivity index (χ1) is 14.6. The molecule has 2 amide bonds. The lowest BCUT2D eigenvalue weighted by atomic mass is 10.1. The van der Waals surface area contributed by atoms with Crippen LogP contribution in [0.1, 0.15) is 37.5 Å². The number of nitrogens with one attached hydrogen (secondary N) is 1.